The van der Waals surface area contributed by atoms with Crippen LogP contribution >= 0.6 is 0 Å². The van der Waals surface area contributed by atoms with Gasteiger partial charge in [0.05, 0.1) is 0 Å². The summed E-state index contributed by atoms with van der Waals surface area (Å²) in [5.41, 5.74) is 0. The van der Waals surface area contributed by atoms with Gasteiger partial charge >= 0.3 is 168 Å². The van der Waals surface area contributed by atoms with Crippen molar-refractivity contribution in [2.75, 3.05) is 110 Å². The average Bonchev–Trinajstić information content (AvgIpc) is 2.65. The van der Waals surface area contributed by atoms with Gasteiger partial charge in [-0.3, -0.25) is 0 Å². The van der Waals surface area contributed by atoms with Crippen LogP contribution in [-0.4, -0.2) is 118 Å². The minimum atomic E-state index is -0.183. The van der Waals surface area contributed by atoms with E-state index in [0.717, 1.165) is 50.6 Å². The molecule has 0 unspecified atom stereocenters. The summed E-state index contributed by atoms with van der Waals surface area (Å²) in [5, 5.41) is 0. The molecule has 0 radical (unpaired) electrons. The Morgan fingerprint density at radius 1 is 0.423 bits per heavy atom. The second-order valence-corrected chi connectivity index (χ2v) is 8.62. The molecule has 0 aliphatic carbocycles. The summed E-state index contributed by atoms with van der Waals surface area (Å²) in [7, 11) is 0. The number of hydrogen-bond acceptors (Lipinski definition) is 8. The van der Waals surface area contributed by atoms with Crippen LogP contribution in [0, 0.1) is 0 Å². The first-order valence-electron chi connectivity index (χ1n) is 9.48. The Kier molecular flexibility index (Phi) is 14.3. The topological polar surface area (TPSA) is 61.9 Å². The van der Waals surface area contributed by atoms with Gasteiger partial charge in [-0.15, -0.1) is 0 Å². The van der Waals surface area contributed by atoms with Crippen LogP contribution in [0.25, 0.3) is 0 Å². The molecular formula is C17H34IN2O6-. The molecule has 3 saturated heterocycles. The molecule has 3 aliphatic heterocycles. The van der Waals surface area contributed by atoms with Crippen molar-refractivity contribution in [3.05, 3.63) is 0 Å². The van der Waals surface area contributed by atoms with Crippen LogP contribution in [0.4, 0.5) is 0 Å². The van der Waals surface area contributed by atoms with Gasteiger partial charge in [0.15, 0.2) is 0 Å². The Labute approximate surface area is 168 Å². The molecule has 9 heteroatoms. The maximum absolute atomic E-state index is 5.75. The zero-order chi connectivity index (χ0) is 18.1. The number of alkyl halides is 1. The van der Waals surface area contributed by atoms with Crippen LogP contribution in [-0.2, 0) is 28.4 Å². The van der Waals surface area contributed by atoms with E-state index in [1.807, 2.05) is 0 Å². The van der Waals surface area contributed by atoms with Gasteiger partial charge in [0.1, 0.15) is 0 Å². The molecule has 0 spiro atoms. The van der Waals surface area contributed by atoms with Gasteiger partial charge in [0.2, 0.25) is 0 Å². The van der Waals surface area contributed by atoms with Gasteiger partial charge in [0.25, 0.3) is 0 Å². The van der Waals surface area contributed by atoms with Gasteiger partial charge in [-0.1, -0.05) is 0 Å². The normalized spacial score (nSPS) is 30.8. The van der Waals surface area contributed by atoms with Crippen molar-refractivity contribution in [2.24, 2.45) is 0 Å². The molecular weight excluding hydrogens is 455 g/mol. The summed E-state index contributed by atoms with van der Waals surface area (Å²) in [4.78, 5) is 2.32. The van der Waals surface area contributed by atoms with E-state index in [2.05, 4.69) is 8.01 Å². The van der Waals surface area contributed by atoms with Gasteiger partial charge in [0, 0.05) is 0 Å². The molecule has 3 rings (SSSR count). The SMILES string of the molecule is C1COCCN2CCOCCOCCN(CCO1)CCOCCOC[I-]2. The third-order valence-electron chi connectivity index (χ3n) is 4.02. The van der Waals surface area contributed by atoms with E-state index >= 15 is 0 Å². The Morgan fingerprint density at radius 2 is 0.808 bits per heavy atom. The zero-order valence-electron chi connectivity index (χ0n) is 15.7. The standard InChI is InChI=1S/C17H34IN2O6/c1-6-21-11-13-24-9-4-20-5-10-25-14-12-22-7-2-19(1)3-8-23-15-16-26-17-18-20/h1-17H2/q-1. The number of halogens is 1. The molecule has 2 bridgehead atoms. The molecule has 0 atom stereocenters. The summed E-state index contributed by atoms with van der Waals surface area (Å²) in [6.45, 7) is 11.9. The van der Waals surface area contributed by atoms with Crippen LogP contribution in [0.1, 0.15) is 0 Å². The summed E-state index contributed by atoms with van der Waals surface area (Å²) in [6, 6.07) is 0. The van der Waals surface area contributed by atoms with Crippen molar-refractivity contribution in [3.8, 4) is 0 Å². The monoisotopic (exact) mass is 489 g/mol. The Morgan fingerprint density at radius 3 is 1.27 bits per heavy atom. The third-order valence-corrected chi connectivity index (χ3v) is 6.67. The van der Waals surface area contributed by atoms with Crippen molar-refractivity contribution in [3.63, 3.8) is 0 Å². The molecule has 8 nitrogen and oxygen atoms in total. The number of rotatable bonds is 0. The first kappa shape index (κ1) is 22.7. The van der Waals surface area contributed by atoms with Crippen molar-refractivity contribution in [1.82, 2.24) is 8.01 Å². The van der Waals surface area contributed by atoms with Crippen LogP contribution in [0.15, 0.2) is 0 Å². The molecule has 3 fully saturated rings. The van der Waals surface area contributed by atoms with Crippen molar-refractivity contribution < 1.29 is 49.9 Å². The molecule has 0 aromatic rings. The molecule has 3 aliphatic rings. The minimum absolute atomic E-state index is 0.183. The molecule has 0 aromatic carbocycles. The summed E-state index contributed by atoms with van der Waals surface area (Å²) in [5.74, 6) is 0. The second-order valence-electron chi connectivity index (χ2n) is 5.95. The fourth-order valence-corrected chi connectivity index (χ4v) is 4.48. The molecule has 26 heavy (non-hydrogen) atoms. The van der Waals surface area contributed by atoms with Crippen LogP contribution in [0.3, 0.4) is 0 Å². The summed E-state index contributed by atoms with van der Waals surface area (Å²) >= 11 is -0.183. The van der Waals surface area contributed by atoms with E-state index < -0.39 is 0 Å². The third kappa shape index (κ3) is 12.0. The predicted molar refractivity (Wildman–Crippen MR) is 92.9 cm³/mol. The molecule has 0 saturated carbocycles. The van der Waals surface area contributed by atoms with E-state index in [9.17, 15) is 0 Å². The van der Waals surface area contributed by atoms with Gasteiger partial charge in [-0.05, 0) is 0 Å². The summed E-state index contributed by atoms with van der Waals surface area (Å²) < 4.78 is 37.5. The van der Waals surface area contributed by atoms with Crippen LogP contribution in [0.5, 0.6) is 0 Å². The second kappa shape index (κ2) is 16.4. The number of nitrogens with zero attached hydrogens (tertiary/aromatic N) is 2. The van der Waals surface area contributed by atoms with E-state index in [1.54, 1.807) is 0 Å². The van der Waals surface area contributed by atoms with Crippen molar-refractivity contribution >= 4 is 0 Å². The average molecular weight is 489 g/mol. The molecule has 156 valence electrons. The van der Waals surface area contributed by atoms with Gasteiger partial charge in [-0.25, -0.2) is 0 Å². The summed E-state index contributed by atoms with van der Waals surface area (Å²) in [6.07, 6.45) is 0. The molecule has 0 N–H and O–H groups in total. The number of ether oxygens (including phenoxy) is 6. The maximum atomic E-state index is 5.75. The van der Waals surface area contributed by atoms with E-state index in [0.29, 0.717) is 59.5 Å². The van der Waals surface area contributed by atoms with E-state index in [-0.39, 0.29) is 21.5 Å². The Bertz CT molecular complexity index is 252. The van der Waals surface area contributed by atoms with Crippen LogP contribution in [0.2, 0.25) is 0 Å². The number of fused-ring (bicyclic) bond motifs is 21. The Hall–Kier alpha value is 0.410. The van der Waals surface area contributed by atoms with Crippen molar-refractivity contribution in [2.45, 2.75) is 0 Å². The van der Waals surface area contributed by atoms with Crippen molar-refractivity contribution in [1.29, 1.82) is 0 Å². The van der Waals surface area contributed by atoms with Gasteiger partial charge < -0.3 is 0 Å². The first-order chi connectivity index (χ1) is 12.9. The number of hydrogen-bond donors (Lipinski definition) is 0. The predicted octanol–water partition coefficient (Wildman–Crippen LogP) is -3.32. The Balaban J connectivity index is 1.87. The van der Waals surface area contributed by atoms with E-state index in [4.69, 9.17) is 28.4 Å². The first-order valence-corrected chi connectivity index (χ1v) is 12.0. The molecule has 3 heterocycles. The van der Waals surface area contributed by atoms with Gasteiger partial charge in [-0.2, -0.15) is 0 Å². The van der Waals surface area contributed by atoms with E-state index in [1.165, 1.54) is 0 Å². The van der Waals surface area contributed by atoms with Crippen LogP contribution < -0.4 is 21.5 Å². The fourth-order valence-electron chi connectivity index (χ4n) is 2.50. The zero-order valence-corrected chi connectivity index (χ0v) is 17.9. The molecule has 0 aromatic heterocycles. The molecule has 0 amide bonds. The quantitative estimate of drug-likeness (QED) is 0.199. The fraction of sp³-hybridized carbons (Fsp3) is 1.00.